The molecule has 2 aliphatic heterocycles. The van der Waals surface area contributed by atoms with E-state index in [2.05, 4.69) is 57.3 Å². The molecule has 0 spiro atoms. The Morgan fingerprint density at radius 3 is 2.70 bits per heavy atom. The van der Waals surface area contributed by atoms with Crippen LogP contribution in [0.2, 0.25) is 0 Å². The van der Waals surface area contributed by atoms with Crippen LogP contribution in [0, 0.1) is 0 Å². The van der Waals surface area contributed by atoms with E-state index >= 15 is 0 Å². The van der Waals surface area contributed by atoms with Crippen molar-refractivity contribution < 1.29 is 4.74 Å². The number of guanidine groups is 1. The maximum atomic E-state index is 6.20. The Balaban J connectivity index is 0.00000261. The van der Waals surface area contributed by atoms with E-state index in [4.69, 9.17) is 15.5 Å². The molecule has 27 heavy (non-hydrogen) atoms. The van der Waals surface area contributed by atoms with Gasteiger partial charge in [-0.3, -0.25) is 9.89 Å². The standard InChI is InChI=1S/C20H31BrN4O.HI/c1-2-25-11-3-4-18(25)14-23-19(22)24-15-20(9-12-26-13-10-20)16-5-7-17(21)8-6-16;/h5-8,18H,2-4,9-15H2,1H3,(H3,22,23,24);1H. The van der Waals surface area contributed by atoms with Crippen LogP contribution in [0.5, 0.6) is 0 Å². The van der Waals surface area contributed by atoms with Crippen LogP contribution in [-0.4, -0.2) is 56.3 Å². The van der Waals surface area contributed by atoms with Gasteiger partial charge in [0.05, 0.1) is 6.54 Å². The zero-order chi connectivity index (χ0) is 18.4. The second-order valence-electron chi connectivity index (χ2n) is 7.41. The molecule has 2 saturated heterocycles. The summed E-state index contributed by atoms with van der Waals surface area (Å²) in [5.74, 6) is 0.566. The van der Waals surface area contributed by atoms with E-state index in [1.807, 2.05) is 0 Å². The van der Waals surface area contributed by atoms with Gasteiger partial charge in [0.25, 0.3) is 0 Å². The fraction of sp³-hybridized carbons (Fsp3) is 0.650. The number of ether oxygens (including phenoxy) is 1. The first-order chi connectivity index (χ1) is 12.6. The number of benzene rings is 1. The largest absolute Gasteiger partial charge is 0.381 e. The lowest BCUT2D eigenvalue weighted by atomic mass is 9.74. The Hall–Kier alpha value is -0.380. The smallest absolute Gasteiger partial charge is 0.188 e. The molecule has 0 amide bonds. The SMILES string of the molecule is CCN1CCCC1CNC(N)=NCC1(c2ccc(Br)cc2)CCOCC1.I. The van der Waals surface area contributed by atoms with Crippen LogP contribution in [0.15, 0.2) is 33.7 Å². The highest BCUT2D eigenvalue weighted by molar-refractivity contribution is 14.0. The zero-order valence-electron chi connectivity index (χ0n) is 16.1. The average molecular weight is 551 g/mol. The summed E-state index contributed by atoms with van der Waals surface area (Å²) in [6.07, 6.45) is 4.49. The number of nitrogens with one attached hydrogen (secondary N) is 1. The van der Waals surface area contributed by atoms with E-state index in [1.165, 1.54) is 24.9 Å². The van der Waals surface area contributed by atoms with Crippen molar-refractivity contribution in [2.45, 2.75) is 44.1 Å². The molecule has 1 aromatic carbocycles. The first kappa shape index (κ1) is 22.9. The van der Waals surface area contributed by atoms with Crippen LogP contribution < -0.4 is 11.1 Å². The van der Waals surface area contributed by atoms with Gasteiger partial charge in [0, 0.05) is 35.7 Å². The molecular weight excluding hydrogens is 519 g/mol. The molecule has 152 valence electrons. The lowest BCUT2D eigenvalue weighted by molar-refractivity contribution is 0.0531. The summed E-state index contributed by atoms with van der Waals surface area (Å²) in [6.45, 7) is 7.70. The Labute approximate surface area is 188 Å². The molecular formula is C20H32BrIN4O. The van der Waals surface area contributed by atoms with Crippen molar-refractivity contribution in [3.8, 4) is 0 Å². The molecule has 0 aromatic heterocycles. The van der Waals surface area contributed by atoms with Gasteiger partial charge in [-0.05, 0) is 56.5 Å². The number of nitrogens with two attached hydrogens (primary N) is 1. The summed E-state index contributed by atoms with van der Waals surface area (Å²) < 4.78 is 6.71. The monoisotopic (exact) mass is 550 g/mol. The molecule has 0 aliphatic carbocycles. The molecule has 3 rings (SSSR count). The zero-order valence-corrected chi connectivity index (χ0v) is 20.0. The number of hydrogen-bond donors (Lipinski definition) is 2. The Morgan fingerprint density at radius 2 is 2.04 bits per heavy atom. The molecule has 2 fully saturated rings. The maximum absolute atomic E-state index is 6.20. The molecule has 7 heteroatoms. The fourth-order valence-corrected chi connectivity index (χ4v) is 4.43. The third-order valence-corrected chi connectivity index (χ3v) is 6.41. The van der Waals surface area contributed by atoms with E-state index in [-0.39, 0.29) is 29.4 Å². The van der Waals surface area contributed by atoms with Crippen LogP contribution in [0.3, 0.4) is 0 Å². The topological polar surface area (TPSA) is 62.9 Å². The second-order valence-corrected chi connectivity index (χ2v) is 8.32. The quantitative estimate of drug-likeness (QED) is 0.323. The molecule has 0 saturated carbocycles. The molecule has 2 heterocycles. The van der Waals surface area contributed by atoms with E-state index in [0.717, 1.165) is 43.6 Å². The molecule has 5 nitrogen and oxygen atoms in total. The van der Waals surface area contributed by atoms with Crippen LogP contribution in [0.1, 0.15) is 38.2 Å². The van der Waals surface area contributed by atoms with Crippen LogP contribution in [-0.2, 0) is 10.2 Å². The van der Waals surface area contributed by atoms with Gasteiger partial charge in [-0.25, -0.2) is 0 Å². The molecule has 1 unspecified atom stereocenters. The number of likely N-dealkylation sites (N-methyl/N-ethyl adjacent to an activating group) is 1. The number of aliphatic imine (C=N–C) groups is 1. The Morgan fingerprint density at radius 1 is 1.33 bits per heavy atom. The van der Waals surface area contributed by atoms with E-state index < -0.39 is 0 Å². The van der Waals surface area contributed by atoms with E-state index in [9.17, 15) is 0 Å². The van der Waals surface area contributed by atoms with Gasteiger partial charge in [-0.1, -0.05) is 35.0 Å². The average Bonchev–Trinajstić information content (AvgIpc) is 3.13. The van der Waals surface area contributed by atoms with Crippen LogP contribution in [0.4, 0.5) is 0 Å². The lowest BCUT2D eigenvalue weighted by Crippen LogP contribution is -2.44. The summed E-state index contributed by atoms with van der Waals surface area (Å²) in [6, 6.07) is 9.20. The van der Waals surface area contributed by atoms with Crippen molar-refractivity contribution in [3.05, 3.63) is 34.3 Å². The minimum absolute atomic E-state index is 0. The number of halogens is 2. The van der Waals surface area contributed by atoms with E-state index in [0.29, 0.717) is 18.5 Å². The van der Waals surface area contributed by atoms with Gasteiger partial charge < -0.3 is 15.8 Å². The van der Waals surface area contributed by atoms with Gasteiger partial charge in [-0.15, -0.1) is 24.0 Å². The Bertz CT molecular complexity index is 605. The number of rotatable bonds is 6. The van der Waals surface area contributed by atoms with Crippen molar-refractivity contribution in [2.24, 2.45) is 10.7 Å². The summed E-state index contributed by atoms with van der Waals surface area (Å²) >= 11 is 3.53. The molecule has 0 bridgehead atoms. The normalized spacial score (nSPS) is 23.0. The maximum Gasteiger partial charge on any atom is 0.188 e. The van der Waals surface area contributed by atoms with Crippen LogP contribution >= 0.6 is 39.9 Å². The number of likely N-dealkylation sites (tertiary alicyclic amines) is 1. The van der Waals surface area contributed by atoms with Crippen molar-refractivity contribution >= 4 is 45.9 Å². The summed E-state index contributed by atoms with van der Waals surface area (Å²) in [5, 5.41) is 3.35. The first-order valence-corrected chi connectivity index (χ1v) is 10.5. The number of nitrogens with zero attached hydrogens (tertiary/aromatic N) is 2. The highest BCUT2D eigenvalue weighted by atomic mass is 127. The predicted octanol–water partition coefficient (Wildman–Crippen LogP) is 3.50. The van der Waals surface area contributed by atoms with Gasteiger partial charge in [-0.2, -0.15) is 0 Å². The summed E-state index contributed by atoms with van der Waals surface area (Å²) in [4.78, 5) is 7.24. The van der Waals surface area contributed by atoms with Gasteiger partial charge in [0.15, 0.2) is 5.96 Å². The van der Waals surface area contributed by atoms with Crippen LogP contribution in [0.25, 0.3) is 0 Å². The summed E-state index contributed by atoms with van der Waals surface area (Å²) in [7, 11) is 0. The van der Waals surface area contributed by atoms with Gasteiger partial charge >= 0.3 is 0 Å². The predicted molar refractivity (Wildman–Crippen MR) is 126 cm³/mol. The second kappa shape index (κ2) is 11.0. The minimum Gasteiger partial charge on any atom is -0.381 e. The molecule has 1 atom stereocenters. The third-order valence-electron chi connectivity index (χ3n) is 5.88. The fourth-order valence-electron chi connectivity index (χ4n) is 4.16. The van der Waals surface area contributed by atoms with Gasteiger partial charge in [0.2, 0.25) is 0 Å². The molecule has 3 N–H and O–H groups in total. The summed E-state index contributed by atoms with van der Waals surface area (Å²) in [5.41, 5.74) is 7.55. The molecule has 2 aliphatic rings. The minimum atomic E-state index is 0. The highest BCUT2D eigenvalue weighted by Gasteiger charge is 2.34. The molecule has 1 aromatic rings. The van der Waals surface area contributed by atoms with Gasteiger partial charge in [0.1, 0.15) is 0 Å². The lowest BCUT2D eigenvalue weighted by Gasteiger charge is -2.36. The Kier molecular flexibility index (Phi) is 9.31. The number of hydrogen-bond acceptors (Lipinski definition) is 3. The van der Waals surface area contributed by atoms with Crippen molar-refractivity contribution in [3.63, 3.8) is 0 Å². The highest BCUT2D eigenvalue weighted by Crippen LogP contribution is 2.35. The van der Waals surface area contributed by atoms with Crippen molar-refractivity contribution in [1.82, 2.24) is 10.2 Å². The van der Waals surface area contributed by atoms with Crippen molar-refractivity contribution in [1.29, 1.82) is 0 Å². The van der Waals surface area contributed by atoms with E-state index in [1.54, 1.807) is 0 Å². The third kappa shape index (κ3) is 6.05. The van der Waals surface area contributed by atoms with Crippen molar-refractivity contribution in [2.75, 3.05) is 39.4 Å². The molecule has 0 radical (unpaired) electrons. The first-order valence-electron chi connectivity index (χ1n) is 9.74.